The van der Waals surface area contributed by atoms with Gasteiger partial charge in [0.05, 0.1) is 17.0 Å². The number of halogens is 1. The van der Waals surface area contributed by atoms with Crippen LogP contribution in [0.5, 0.6) is 0 Å². The van der Waals surface area contributed by atoms with Gasteiger partial charge in [0.2, 0.25) is 10.1 Å². The number of nitrogens with one attached hydrogen (secondary N) is 2. The van der Waals surface area contributed by atoms with Gasteiger partial charge in [0.15, 0.2) is 0 Å². The van der Waals surface area contributed by atoms with Crippen LogP contribution in [0.3, 0.4) is 0 Å². The zero-order chi connectivity index (χ0) is 23.5. The molecule has 0 unspecified atom stereocenters. The van der Waals surface area contributed by atoms with E-state index in [2.05, 4.69) is 20.7 Å². The largest absolute Gasteiger partial charge is 0.379 e. The molecule has 0 radical (unpaired) electrons. The van der Waals surface area contributed by atoms with Gasteiger partial charge in [0.1, 0.15) is 0 Å². The molecule has 172 valence electrons. The second kappa shape index (κ2) is 9.86. The Bertz CT molecular complexity index is 1380. The number of hydrogen-bond acceptors (Lipinski definition) is 7. The van der Waals surface area contributed by atoms with Crippen molar-refractivity contribution in [1.29, 1.82) is 0 Å². The minimum atomic E-state index is -0.292. The van der Waals surface area contributed by atoms with Crippen molar-refractivity contribution in [2.45, 2.75) is 33.3 Å². The van der Waals surface area contributed by atoms with Crippen molar-refractivity contribution in [3.63, 3.8) is 0 Å². The number of nitrogens with zero attached hydrogens (tertiary/aromatic N) is 3. The molecule has 8 nitrogen and oxygen atoms in total. The third-order valence-corrected chi connectivity index (χ3v) is 6.02. The molecule has 0 saturated carbocycles. The zero-order valence-electron chi connectivity index (χ0n) is 18.5. The van der Waals surface area contributed by atoms with Crippen molar-refractivity contribution in [3.8, 4) is 0 Å². The summed E-state index contributed by atoms with van der Waals surface area (Å²) in [6, 6.07) is 10.4. The van der Waals surface area contributed by atoms with Gasteiger partial charge < -0.3 is 15.4 Å². The molecule has 0 aliphatic rings. The molecule has 0 spiro atoms. The third kappa shape index (κ3) is 5.32. The molecule has 2 aromatic carbocycles. The molecule has 0 fully saturated rings. The number of ether oxygens (including phenoxy) is 1. The summed E-state index contributed by atoms with van der Waals surface area (Å²) in [5.41, 5.74) is 2.40. The molecular formula is C23H24ClN5O3S. The summed E-state index contributed by atoms with van der Waals surface area (Å²) >= 11 is 7.34. The summed E-state index contributed by atoms with van der Waals surface area (Å²) in [7, 11) is 0. The van der Waals surface area contributed by atoms with Crippen molar-refractivity contribution in [2.75, 3.05) is 18.5 Å². The van der Waals surface area contributed by atoms with Gasteiger partial charge in [-0.25, -0.2) is 4.98 Å². The van der Waals surface area contributed by atoms with Crippen LogP contribution in [0.4, 0.5) is 10.8 Å². The first-order valence-electron chi connectivity index (χ1n) is 10.6. The van der Waals surface area contributed by atoms with Gasteiger partial charge in [-0.3, -0.25) is 9.59 Å². The van der Waals surface area contributed by atoms with Crippen LogP contribution >= 0.6 is 22.9 Å². The predicted molar refractivity (Wildman–Crippen MR) is 132 cm³/mol. The Morgan fingerprint density at radius 3 is 2.85 bits per heavy atom. The number of benzene rings is 2. The minimum Gasteiger partial charge on any atom is -0.379 e. The molecule has 0 bridgehead atoms. The number of amides is 1. The normalized spacial score (nSPS) is 11.4. The smallest absolute Gasteiger partial charge is 0.283 e. The molecule has 2 N–H and O–H groups in total. The van der Waals surface area contributed by atoms with Gasteiger partial charge in [-0.05, 0) is 63.1 Å². The highest BCUT2D eigenvalue weighted by Crippen LogP contribution is 2.27. The first kappa shape index (κ1) is 23.2. The highest BCUT2D eigenvalue weighted by molar-refractivity contribution is 7.20. The molecule has 33 heavy (non-hydrogen) atoms. The standard InChI is InChI=1S/C23H24ClN5O3S/c1-13(2)32-10-4-9-25-20(30)15-6-8-17-19(11-15)27-23-29(21(17)31)28-22(33-23)26-18-12-16(24)7-5-14(18)3/h5-8,11-13H,4,9-10H2,1-3H3,(H,25,30)(H,26,28). The number of carbonyl (C=O) groups excluding carboxylic acids is 1. The fraction of sp³-hybridized carbons (Fsp3) is 0.304. The van der Waals surface area contributed by atoms with E-state index in [-0.39, 0.29) is 17.6 Å². The summed E-state index contributed by atoms with van der Waals surface area (Å²) in [5, 5.41) is 12.0. The number of anilines is 2. The molecule has 4 aromatic rings. The van der Waals surface area contributed by atoms with Crippen LogP contribution in [0.15, 0.2) is 41.2 Å². The number of rotatable bonds is 8. The third-order valence-electron chi connectivity index (χ3n) is 4.96. The Kier molecular flexibility index (Phi) is 6.92. The second-order valence-electron chi connectivity index (χ2n) is 7.86. The van der Waals surface area contributed by atoms with Crippen molar-refractivity contribution in [3.05, 3.63) is 62.9 Å². The predicted octanol–water partition coefficient (Wildman–Crippen LogP) is 4.55. The minimum absolute atomic E-state index is 0.167. The van der Waals surface area contributed by atoms with Crippen LogP contribution in [0.2, 0.25) is 5.02 Å². The molecule has 0 atom stereocenters. The Morgan fingerprint density at radius 1 is 1.24 bits per heavy atom. The maximum atomic E-state index is 13.0. The summed E-state index contributed by atoms with van der Waals surface area (Å²) in [6.45, 7) is 6.99. The van der Waals surface area contributed by atoms with Gasteiger partial charge >= 0.3 is 0 Å². The van der Waals surface area contributed by atoms with Crippen LogP contribution in [-0.4, -0.2) is 39.8 Å². The maximum Gasteiger partial charge on any atom is 0.283 e. The highest BCUT2D eigenvalue weighted by atomic mass is 35.5. The monoisotopic (exact) mass is 485 g/mol. The fourth-order valence-electron chi connectivity index (χ4n) is 3.24. The summed E-state index contributed by atoms with van der Waals surface area (Å²) in [5.74, 6) is -0.216. The van der Waals surface area contributed by atoms with Gasteiger partial charge in [0, 0.05) is 29.4 Å². The average molecular weight is 486 g/mol. The number of fused-ring (bicyclic) bond motifs is 2. The first-order valence-corrected chi connectivity index (χ1v) is 11.8. The van der Waals surface area contributed by atoms with Crippen molar-refractivity contribution >= 4 is 55.5 Å². The van der Waals surface area contributed by atoms with Crippen LogP contribution in [0.1, 0.15) is 36.2 Å². The molecule has 4 rings (SSSR count). The number of carbonyl (C=O) groups is 1. The van der Waals surface area contributed by atoms with E-state index in [9.17, 15) is 9.59 Å². The quantitative estimate of drug-likeness (QED) is 0.355. The van der Waals surface area contributed by atoms with Crippen LogP contribution in [0, 0.1) is 6.92 Å². The SMILES string of the molecule is Cc1ccc(Cl)cc1Nc1nn2c(=O)c3ccc(C(=O)NCCCOC(C)C)cc3nc2s1. The molecule has 1 amide bonds. The molecule has 0 saturated heterocycles. The van der Waals surface area contributed by atoms with E-state index in [1.807, 2.05) is 32.9 Å². The van der Waals surface area contributed by atoms with Crippen molar-refractivity contribution in [2.24, 2.45) is 0 Å². The van der Waals surface area contributed by atoms with Crippen LogP contribution in [0.25, 0.3) is 15.9 Å². The van der Waals surface area contributed by atoms with Crippen LogP contribution in [-0.2, 0) is 4.74 Å². The Balaban J connectivity index is 1.56. The van der Waals surface area contributed by atoms with Gasteiger partial charge in [0.25, 0.3) is 11.5 Å². The fourth-order valence-corrected chi connectivity index (χ4v) is 4.22. The number of aryl methyl sites for hydroxylation is 1. The molecule has 0 aliphatic heterocycles. The first-order chi connectivity index (χ1) is 15.8. The van der Waals surface area contributed by atoms with Crippen LogP contribution < -0.4 is 16.2 Å². The van der Waals surface area contributed by atoms with E-state index in [1.165, 1.54) is 15.9 Å². The molecule has 2 heterocycles. The molecule has 10 heteroatoms. The van der Waals surface area contributed by atoms with Gasteiger partial charge in [-0.1, -0.05) is 29.0 Å². The Morgan fingerprint density at radius 2 is 2.06 bits per heavy atom. The summed E-state index contributed by atoms with van der Waals surface area (Å²) in [6.07, 6.45) is 0.890. The van der Waals surface area contributed by atoms with E-state index < -0.39 is 0 Å². The van der Waals surface area contributed by atoms with E-state index in [1.54, 1.807) is 24.3 Å². The maximum absolute atomic E-state index is 13.0. The number of hydrogen-bond donors (Lipinski definition) is 2. The van der Waals surface area contributed by atoms with E-state index in [0.29, 0.717) is 44.7 Å². The van der Waals surface area contributed by atoms with E-state index >= 15 is 0 Å². The number of aromatic nitrogens is 3. The molecule has 2 aromatic heterocycles. The lowest BCUT2D eigenvalue weighted by atomic mass is 10.1. The Hall–Kier alpha value is -3.01. The summed E-state index contributed by atoms with van der Waals surface area (Å²) in [4.78, 5) is 30.5. The van der Waals surface area contributed by atoms with E-state index in [0.717, 1.165) is 17.7 Å². The molecular weight excluding hydrogens is 462 g/mol. The van der Waals surface area contributed by atoms with Crippen molar-refractivity contribution in [1.82, 2.24) is 19.9 Å². The van der Waals surface area contributed by atoms with Crippen molar-refractivity contribution < 1.29 is 9.53 Å². The van der Waals surface area contributed by atoms with Gasteiger partial charge in [-0.2, -0.15) is 4.52 Å². The lowest BCUT2D eigenvalue weighted by Crippen LogP contribution is -2.25. The zero-order valence-corrected chi connectivity index (χ0v) is 20.1. The Labute approximate surface area is 199 Å². The lowest BCUT2D eigenvalue weighted by molar-refractivity contribution is 0.0757. The van der Waals surface area contributed by atoms with E-state index in [4.69, 9.17) is 16.3 Å². The lowest BCUT2D eigenvalue weighted by Gasteiger charge is -2.08. The highest BCUT2D eigenvalue weighted by Gasteiger charge is 2.14. The second-order valence-corrected chi connectivity index (χ2v) is 9.26. The average Bonchev–Trinajstić information content (AvgIpc) is 3.18. The summed E-state index contributed by atoms with van der Waals surface area (Å²) < 4.78 is 6.75. The molecule has 0 aliphatic carbocycles. The van der Waals surface area contributed by atoms with Gasteiger partial charge in [-0.15, -0.1) is 5.10 Å². The topological polar surface area (TPSA) is 97.6 Å².